The third kappa shape index (κ3) is 6.07. The van der Waals surface area contributed by atoms with Crippen molar-refractivity contribution in [3.05, 3.63) is 101 Å². The van der Waals surface area contributed by atoms with Gasteiger partial charge in [0.05, 0.1) is 6.54 Å². The molecular weight excluding hydrogens is 440 g/mol. The van der Waals surface area contributed by atoms with Crippen LogP contribution in [0.2, 0.25) is 0 Å². The van der Waals surface area contributed by atoms with Crippen LogP contribution in [-0.2, 0) is 0 Å². The van der Waals surface area contributed by atoms with E-state index in [0.717, 1.165) is 24.2 Å². The fraction of sp³-hybridized carbons (Fsp3) is 0.214. The highest BCUT2D eigenvalue weighted by Crippen LogP contribution is 2.35. The molecule has 1 saturated heterocycles. The number of rotatable bonds is 8. The molecule has 1 atom stereocenters. The summed E-state index contributed by atoms with van der Waals surface area (Å²) in [6, 6.07) is 19.9. The van der Waals surface area contributed by atoms with E-state index in [1.165, 1.54) is 0 Å². The predicted octanol–water partition coefficient (Wildman–Crippen LogP) is 4.44. The summed E-state index contributed by atoms with van der Waals surface area (Å²) in [5.74, 6) is 0.653. The van der Waals surface area contributed by atoms with Crippen molar-refractivity contribution in [3.8, 4) is 17.2 Å². The van der Waals surface area contributed by atoms with Gasteiger partial charge in [-0.2, -0.15) is 0 Å². The van der Waals surface area contributed by atoms with E-state index in [1.807, 2.05) is 43.5 Å². The Morgan fingerprint density at radius 3 is 2.23 bits per heavy atom. The van der Waals surface area contributed by atoms with E-state index in [2.05, 4.69) is 19.8 Å². The monoisotopic (exact) mass is 470 g/mol. The molecule has 3 aromatic rings. The van der Waals surface area contributed by atoms with Gasteiger partial charge in [0.25, 0.3) is 0 Å². The first-order valence-electron chi connectivity index (χ1n) is 11.6. The van der Waals surface area contributed by atoms with Gasteiger partial charge >= 0.3 is 0 Å². The number of phenolic OH excluding ortho intramolecular Hbond substituents is 3. The van der Waals surface area contributed by atoms with Crippen molar-refractivity contribution >= 4 is 12.4 Å². The topological polar surface area (TPSA) is 91.9 Å². The third-order valence-electron chi connectivity index (χ3n) is 5.95. The van der Waals surface area contributed by atoms with Gasteiger partial charge in [-0.15, -0.1) is 0 Å². The van der Waals surface area contributed by atoms with Crippen molar-refractivity contribution in [3.63, 3.8) is 0 Å². The van der Waals surface area contributed by atoms with E-state index in [9.17, 15) is 15.3 Å². The lowest BCUT2D eigenvalue weighted by molar-refractivity contribution is 0.176. The largest absolute Gasteiger partial charge is 0.508 e. The molecule has 1 aliphatic heterocycles. The van der Waals surface area contributed by atoms with Crippen molar-refractivity contribution in [2.45, 2.75) is 13.1 Å². The highest BCUT2D eigenvalue weighted by molar-refractivity contribution is 5.83. The second-order valence-corrected chi connectivity index (χ2v) is 8.44. The Balaban J connectivity index is 1.48. The zero-order valence-corrected chi connectivity index (χ0v) is 19.7. The summed E-state index contributed by atoms with van der Waals surface area (Å²) < 4.78 is 0. The van der Waals surface area contributed by atoms with Gasteiger partial charge in [0.15, 0.2) is 0 Å². The second kappa shape index (κ2) is 11.4. The van der Waals surface area contributed by atoms with E-state index in [4.69, 9.17) is 0 Å². The van der Waals surface area contributed by atoms with E-state index >= 15 is 0 Å². The van der Waals surface area contributed by atoms with Gasteiger partial charge in [-0.05, 0) is 42.8 Å². The summed E-state index contributed by atoms with van der Waals surface area (Å²) in [6.45, 7) is 4.77. The maximum Gasteiger partial charge on any atom is 0.124 e. The van der Waals surface area contributed by atoms with Crippen LogP contribution in [0.1, 0.15) is 28.4 Å². The smallest absolute Gasteiger partial charge is 0.124 e. The normalized spacial score (nSPS) is 16.8. The number of benzene rings is 3. The van der Waals surface area contributed by atoms with Gasteiger partial charge in [-0.3, -0.25) is 14.9 Å². The standard InChI is InChI=1S/C28H30N4O3/c1-21-10-11-24(27(35)18-21)28-31(14-12-29-19-22-6-2-4-8-25(22)33)16-17-32(28)15-13-30-20-23-7-3-5-9-26(23)34/h2-12,14,18-20,28,33-35H,13,15-17H2,1H3/b14-12+,29-19-,30-20-. The summed E-state index contributed by atoms with van der Waals surface area (Å²) in [5, 5.41) is 30.5. The zero-order chi connectivity index (χ0) is 24.6. The van der Waals surface area contributed by atoms with Crippen molar-refractivity contribution in [1.82, 2.24) is 9.80 Å². The summed E-state index contributed by atoms with van der Waals surface area (Å²) in [6.07, 6.45) is 6.75. The van der Waals surface area contributed by atoms with Crippen LogP contribution < -0.4 is 0 Å². The summed E-state index contributed by atoms with van der Waals surface area (Å²) >= 11 is 0. The van der Waals surface area contributed by atoms with Crippen LogP contribution in [-0.4, -0.2) is 63.7 Å². The quantitative estimate of drug-likeness (QED) is 0.424. The van der Waals surface area contributed by atoms with E-state index in [0.29, 0.717) is 24.2 Å². The van der Waals surface area contributed by atoms with E-state index in [-0.39, 0.29) is 23.4 Å². The number of aliphatic imine (C=N–C) groups is 2. The molecule has 1 heterocycles. The van der Waals surface area contributed by atoms with E-state index < -0.39 is 0 Å². The third-order valence-corrected chi connectivity index (χ3v) is 5.95. The van der Waals surface area contributed by atoms with Crippen molar-refractivity contribution in [2.24, 2.45) is 9.98 Å². The molecule has 180 valence electrons. The first-order chi connectivity index (χ1) is 17.0. The lowest BCUT2D eigenvalue weighted by atomic mass is 10.1. The minimum Gasteiger partial charge on any atom is -0.508 e. The number of hydrogen-bond donors (Lipinski definition) is 3. The molecule has 1 fully saturated rings. The fourth-order valence-corrected chi connectivity index (χ4v) is 4.13. The lowest BCUT2D eigenvalue weighted by Crippen LogP contribution is -2.30. The fourth-order valence-electron chi connectivity index (χ4n) is 4.13. The average Bonchev–Trinajstić information content (AvgIpc) is 3.24. The van der Waals surface area contributed by atoms with Crippen LogP contribution in [0.25, 0.3) is 0 Å². The Labute approximate surface area is 205 Å². The Hall–Kier alpha value is -4.10. The number of nitrogens with zero attached hydrogens (tertiary/aromatic N) is 4. The van der Waals surface area contributed by atoms with Gasteiger partial charge in [0.1, 0.15) is 23.4 Å². The molecule has 1 aliphatic rings. The van der Waals surface area contributed by atoms with Gasteiger partial charge < -0.3 is 20.2 Å². The maximum atomic E-state index is 10.7. The van der Waals surface area contributed by atoms with Crippen molar-refractivity contribution < 1.29 is 15.3 Å². The molecule has 4 rings (SSSR count). The summed E-state index contributed by atoms with van der Waals surface area (Å²) in [5.41, 5.74) is 3.16. The molecule has 0 saturated carbocycles. The van der Waals surface area contributed by atoms with Crippen LogP contribution >= 0.6 is 0 Å². The number of para-hydroxylation sites is 2. The van der Waals surface area contributed by atoms with Crippen LogP contribution in [0.3, 0.4) is 0 Å². The van der Waals surface area contributed by atoms with Crippen molar-refractivity contribution in [2.75, 3.05) is 26.2 Å². The number of phenols is 3. The SMILES string of the molecule is Cc1ccc(C2N(/C=C/N=C\c3ccccc3O)CCN2CC/N=C\c2ccccc2O)c(O)c1. The molecule has 3 aromatic carbocycles. The minimum atomic E-state index is -0.160. The molecular formula is C28H30N4O3. The highest BCUT2D eigenvalue weighted by Gasteiger charge is 2.32. The van der Waals surface area contributed by atoms with Crippen LogP contribution in [0.5, 0.6) is 17.2 Å². The lowest BCUT2D eigenvalue weighted by Gasteiger charge is -2.30. The maximum absolute atomic E-state index is 10.7. The summed E-state index contributed by atoms with van der Waals surface area (Å²) in [4.78, 5) is 13.2. The molecule has 7 nitrogen and oxygen atoms in total. The Bertz CT molecular complexity index is 1240. The number of aromatic hydroxyl groups is 3. The van der Waals surface area contributed by atoms with Crippen LogP contribution in [0, 0.1) is 6.92 Å². The molecule has 3 N–H and O–H groups in total. The molecule has 1 unspecified atom stereocenters. The number of aryl methyl sites for hydroxylation is 1. The van der Waals surface area contributed by atoms with Crippen LogP contribution in [0.4, 0.5) is 0 Å². The first-order valence-corrected chi connectivity index (χ1v) is 11.6. The van der Waals surface area contributed by atoms with Gasteiger partial charge in [-0.25, -0.2) is 0 Å². The van der Waals surface area contributed by atoms with Crippen LogP contribution in [0.15, 0.2) is 89.1 Å². The molecule has 0 aromatic heterocycles. The Kier molecular flexibility index (Phi) is 7.80. The molecule has 0 radical (unpaired) electrons. The highest BCUT2D eigenvalue weighted by atomic mass is 16.3. The minimum absolute atomic E-state index is 0.160. The van der Waals surface area contributed by atoms with E-state index in [1.54, 1.807) is 55.0 Å². The Morgan fingerprint density at radius 1 is 0.857 bits per heavy atom. The predicted molar refractivity (Wildman–Crippen MR) is 139 cm³/mol. The second-order valence-electron chi connectivity index (χ2n) is 8.44. The average molecular weight is 471 g/mol. The first kappa shape index (κ1) is 24.0. The van der Waals surface area contributed by atoms with Crippen molar-refractivity contribution in [1.29, 1.82) is 0 Å². The zero-order valence-electron chi connectivity index (χ0n) is 19.7. The molecule has 35 heavy (non-hydrogen) atoms. The van der Waals surface area contributed by atoms with Gasteiger partial charge in [-0.1, -0.05) is 36.4 Å². The summed E-state index contributed by atoms with van der Waals surface area (Å²) in [7, 11) is 0. The Morgan fingerprint density at radius 2 is 1.54 bits per heavy atom. The molecule has 0 aliphatic carbocycles. The molecule has 0 spiro atoms. The molecule has 0 bridgehead atoms. The van der Waals surface area contributed by atoms with Gasteiger partial charge in [0, 0.05) is 61.2 Å². The number of hydrogen-bond acceptors (Lipinski definition) is 7. The van der Waals surface area contributed by atoms with Gasteiger partial charge in [0.2, 0.25) is 0 Å². The molecule has 0 amide bonds. The molecule has 7 heteroatoms.